The first-order valence-corrected chi connectivity index (χ1v) is 8.30. The molecule has 0 heterocycles. The van der Waals surface area contributed by atoms with Gasteiger partial charge in [0.1, 0.15) is 0 Å². The van der Waals surface area contributed by atoms with Crippen LogP contribution in [0, 0.1) is 41.4 Å². The molecule has 4 fully saturated rings. The van der Waals surface area contributed by atoms with Gasteiger partial charge in [-0.1, -0.05) is 13.8 Å². The average molecular weight is 248 g/mol. The predicted octanol–water partition coefficient (Wildman–Crippen LogP) is 4.12. The van der Waals surface area contributed by atoms with Crippen molar-refractivity contribution in [3.8, 4) is 0 Å². The van der Waals surface area contributed by atoms with Crippen LogP contribution in [0.15, 0.2) is 0 Å². The van der Waals surface area contributed by atoms with Crippen molar-refractivity contribution in [1.29, 1.82) is 0 Å². The van der Waals surface area contributed by atoms with Crippen molar-refractivity contribution < 1.29 is 4.74 Å². The van der Waals surface area contributed by atoms with E-state index in [1.54, 1.807) is 19.3 Å². The molecule has 0 amide bonds. The summed E-state index contributed by atoms with van der Waals surface area (Å²) in [5.74, 6) is 7.07. The number of fused-ring (bicyclic) bond motifs is 9. The minimum Gasteiger partial charge on any atom is -0.375 e. The smallest absolute Gasteiger partial charge is 0.0612 e. The molecule has 4 bridgehead atoms. The standard InChI is InChI=1S/C17H28O/c1-9(2)10(3)18-15-8-13-7-14(15)17-12-5-4-11(6-12)16(13)17/h9-17H,4-8H2,1-3H3. The summed E-state index contributed by atoms with van der Waals surface area (Å²) in [5.41, 5.74) is 0. The van der Waals surface area contributed by atoms with Crippen molar-refractivity contribution in [2.24, 2.45) is 41.4 Å². The van der Waals surface area contributed by atoms with E-state index in [9.17, 15) is 0 Å². The second kappa shape index (κ2) is 3.98. The van der Waals surface area contributed by atoms with Gasteiger partial charge in [-0.25, -0.2) is 0 Å². The first-order valence-electron chi connectivity index (χ1n) is 8.30. The molecule has 4 aliphatic carbocycles. The Balaban J connectivity index is 1.49. The van der Waals surface area contributed by atoms with E-state index >= 15 is 0 Å². The largest absolute Gasteiger partial charge is 0.375 e. The van der Waals surface area contributed by atoms with E-state index in [2.05, 4.69) is 20.8 Å². The maximum absolute atomic E-state index is 6.42. The fourth-order valence-electron chi connectivity index (χ4n) is 6.09. The van der Waals surface area contributed by atoms with E-state index in [1.165, 1.54) is 12.8 Å². The molecule has 8 atom stereocenters. The Labute approximate surface area is 112 Å². The van der Waals surface area contributed by atoms with Gasteiger partial charge in [0.2, 0.25) is 0 Å². The van der Waals surface area contributed by atoms with Gasteiger partial charge < -0.3 is 4.74 Å². The predicted molar refractivity (Wildman–Crippen MR) is 73.2 cm³/mol. The molecule has 102 valence electrons. The van der Waals surface area contributed by atoms with Gasteiger partial charge in [-0.3, -0.25) is 0 Å². The van der Waals surface area contributed by atoms with Crippen molar-refractivity contribution in [3.63, 3.8) is 0 Å². The second-order valence-corrected chi connectivity index (χ2v) is 8.01. The van der Waals surface area contributed by atoms with Gasteiger partial charge in [0, 0.05) is 0 Å². The number of hydrogen-bond donors (Lipinski definition) is 0. The molecule has 0 saturated heterocycles. The summed E-state index contributed by atoms with van der Waals surface area (Å²) in [5, 5.41) is 0. The third kappa shape index (κ3) is 1.49. The summed E-state index contributed by atoms with van der Waals surface area (Å²) in [4.78, 5) is 0. The zero-order chi connectivity index (χ0) is 12.4. The van der Waals surface area contributed by atoms with Crippen LogP contribution >= 0.6 is 0 Å². The highest BCUT2D eigenvalue weighted by Gasteiger charge is 2.62. The van der Waals surface area contributed by atoms with E-state index in [4.69, 9.17) is 4.74 Å². The van der Waals surface area contributed by atoms with Gasteiger partial charge in [0.15, 0.2) is 0 Å². The summed E-state index contributed by atoms with van der Waals surface area (Å²) in [6, 6.07) is 0. The molecule has 1 heteroatoms. The van der Waals surface area contributed by atoms with Crippen LogP contribution in [0.5, 0.6) is 0 Å². The van der Waals surface area contributed by atoms with Crippen molar-refractivity contribution in [1.82, 2.24) is 0 Å². The molecule has 0 spiro atoms. The highest BCUT2D eigenvalue weighted by molar-refractivity contribution is 5.11. The molecular weight excluding hydrogens is 220 g/mol. The zero-order valence-corrected chi connectivity index (χ0v) is 12.1. The summed E-state index contributed by atoms with van der Waals surface area (Å²) >= 11 is 0. The molecule has 8 unspecified atom stereocenters. The van der Waals surface area contributed by atoms with Crippen LogP contribution < -0.4 is 0 Å². The van der Waals surface area contributed by atoms with Crippen LogP contribution in [0.4, 0.5) is 0 Å². The maximum Gasteiger partial charge on any atom is 0.0612 e. The molecule has 0 radical (unpaired) electrons. The maximum atomic E-state index is 6.42. The first kappa shape index (κ1) is 11.8. The fourth-order valence-corrected chi connectivity index (χ4v) is 6.09. The third-order valence-electron chi connectivity index (χ3n) is 7.00. The van der Waals surface area contributed by atoms with Crippen molar-refractivity contribution >= 4 is 0 Å². The van der Waals surface area contributed by atoms with Gasteiger partial charge in [-0.15, -0.1) is 0 Å². The lowest BCUT2D eigenvalue weighted by atomic mass is 9.70. The molecule has 0 aromatic rings. The van der Waals surface area contributed by atoms with Gasteiger partial charge >= 0.3 is 0 Å². The average Bonchev–Trinajstić information content (AvgIpc) is 3.06. The van der Waals surface area contributed by atoms with Crippen LogP contribution in [0.1, 0.15) is 52.9 Å². The number of rotatable bonds is 3. The van der Waals surface area contributed by atoms with Crippen LogP contribution in [0.25, 0.3) is 0 Å². The molecule has 0 aromatic heterocycles. The molecule has 4 aliphatic rings. The van der Waals surface area contributed by atoms with Crippen molar-refractivity contribution in [2.75, 3.05) is 0 Å². The highest BCUT2D eigenvalue weighted by Crippen LogP contribution is 2.67. The lowest BCUT2D eigenvalue weighted by molar-refractivity contribution is -0.0772. The highest BCUT2D eigenvalue weighted by atomic mass is 16.5. The van der Waals surface area contributed by atoms with Crippen LogP contribution in [-0.2, 0) is 4.74 Å². The zero-order valence-electron chi connectivity index (χ0n) is 12.1. The van der Waals surface area contributed by atoms with E-state index in [1.807, 2.05) is 0 Å². The summed E-state index contributed by atoms with van der Waals surface area (Å²) in [6.45, 7) is 6.85. The van der Waals surface area contributed by atoms with Gasteiger partial charge in [-0.05, 0) is 80.5 Å². The molecule has 4 rings (SSSR count). The lowest BCUT2D eigenvalue weighted by Gasteiger charge is -2.39. The summed E-state index contributed by atoms with van der Waals surface area (Å²) in [6.07, 6.45) is 8.66. The van der Waals surface area contributed by atoms with E-state index in [0.717, 1.165) is 35.5 Å². The second-order valence-electron chi connectivity index (χ2n) is 8.01. The van der Waals surface area contributed by atoms with Crippen LogP contribution in [0.3, 0.4) is 0 Å². The number of ether oxygens (including phenoxy) is 1. The molecule has 0 N–H and O–H groups in total. The SMILES string of the molecule is CC(C)C(C)OC1CC2CC1C1C3CCC(C3)C21. The molecule has 1 nitrogen and oxygen atoms in total. The quantitative estimate of drug-likeness (QED) is 0.683. The van der Waals surface area contributed by atoms with Crippen molar-refractivity contribution in [2.45, 2.75) is 65.1 Å². The number of hydrogen-bond acceptors (Lipinski definition) is 1. The molecular formula is C17H28O. The Morgan fingerprint density at radius 3 is 2.28 bits per heavy atom. The van der Waals surface area contributed by atoms with Crippen molar-refractivity contribution in [3.05, 3.63) is 0 Å². The minimum atomic E-state index is 0.450. The fraction of sp³-hybridized carbons (Fsp3) is 1.00. The van der Waals surface area contributed by atoms with E-state index in [-0.39, 0.29) is 0 Å². The Hall–Kier alpha value is -0.0400. The van der Waals surface area contributed by atoms with Crippen LogP contribution in [-0.4, -0.2) is 12.2 Å². The Morgan fingerprint density at radius 1 is 0.833 bits per heavy atom. The topological polar surface area (TPSA) is 9.23 Å². The summed E-state index contributed by atoms with van der Waals surface area (Å²) < 4.78 is 6.42. The first-order chi connectivity index (χ1) is 8.65. The lowest BCUT2D eigenvalue weighted by Crippen LogP contribution is -2.38. The Kier molecular flexibility index (Phi) is 2.60. The van der Waals surface area contributed by atoms with Gasteiger partial charge in [0.25, 0.3) is 0 Å². The molecule has 18 heavy (non-hydrogen) atoms. The minimum absolute atomic E-state index is 0.450. The third-order valence-corrected chi connectivity index (χ3v) is 7.00. The molecule has 4 saturated carbocycles. The van der Waals surface area contributed by atoms with Gasteiger partial charge in [0.05, 0.1) is 12.2 Å². The Morgan fingerprint density at radius 2 is 1.56 bits per heavy atom. The van der Waals surface area contributed by atoms with E-state index in [0.29, 0.717) is 18.1 Å². The Bertz CT molecular complexity index is 337. The molecule has 0 aliphatic heterocycles. The summed E-state index contributed by atoms with van der Waals surface area (Å²) in [7, 11) is 0. The normalized spacial score (nSPS) is 54.3. The van der Waals surface area contributed by atoms with Crippen LogP contribution in [0.2, 0.25) is 0 Å². The van der Waals surface area contributed by atoms with Gasteiger partial charge in [-0.2, -0.15) is 0 Å². The molecule has 0 aromatic carbocycles. The van der Waals surface area contributed by atoms with E-state index < -0.39 is 0 Å². The monoisotopic (exact) mass is 248 g/mol.